The Morgan fingerprint density at radius 3 is 2.55 bits per heavy atom. The standard InChI is InChI=1S/C20H27NO/c1-3-18-15(2)22-14-17-8-6-4-5-7-9-19(17)20(18)16-10-12-21-13-11-16/h4-9,15,18,21H,3,10-14H2,1-2H3/b5-4-,6-4?,7-5?,8-6-,9-7-,17-8?,19-9?. The quantitative estimate of drug-likeness (QED) is 0.787. The zero-order chi connectivity index (χ0) is 15.4. The summed E-state index contributed by atoms with van der Waals surface area (Å²) >= 11 is 0. The van der Waals surface area contributed by atoms with Crippen molar-refractivity contribution in [2.24, 2.45) is 5.92 Å². The first-order valence-electron chi connectivity index (χ1n) is 8.60. The van der Waals surface area contributed by atoms with Gasteiger partial charge in [-0.2, -0.15) is 0 Å². The van der Waals surface area contributed by atoms with Gasteiger partial charge >= 0.3 is 0 Å². The molecule has 0 aromatic carbocycles. The molecule has 2 heterocycles. The molecule has 0 aromatic heterocycles. The average molecular weight is 297 g/mol. The van der Waals surface area contributed by atoms with E-state index < -0.39 is 0 Å². The molecule has 0 bridgehead atoms. The first-order chi connectivity index (χ1) is 10.8. The predicted molar refractivity (Wildman–Crippen MR) is 92.8 cm³/mol. The van der Waals surface area contributed by atoms with E-state index in [1.807, 2.05) is 0 Å². The molecule has 0 radical (unpaired) electrons. The van der Waals surface area contributed by atoms with Gasteiger partial charge in [-0.15, -0.1) is 0 Å². The third-order valence-electron chi connectivity index (χ3n) is 5.00. The van der Waals surface area contributed by atoms with E-state index in [4.69, 9.17) is 4.74 Å². The highest BCUT2D eigenvalue weighted by Crippen LogP contribution is 2.38. The lowest BCUT2D eigenvalue weighted by Crippen LogP contribution is -2.27. The summed E-state index contributed by atoms with van der Waals surface area (Å²) in [5.74, 6) is 0.502. The zero-order valence-corrected chi connectivity index (χ0v) is 13.8. The van der Waals surface area contributed by atoms with Gasteiger partial charge < -0.3 is 10.1 Å². The number of hydrogen-bond acceptors (Lipinski definition) is 2. The zero-order valence-electron chi connectivity index (χ0n) is 13.8. The Bertz CT molecular complexity index is 554. The van der Waals surface area contributed by atoms with Crippen molar-refractivity contribution >= 4 is 0 Å². The minimum Gasteiger partial charge on any atom is -0.373 e. The van der Waals surface area contributed by atoms with Crippen LogP contribution in [0.5, 0.6) is 0 Å². The molecule has 0 saturated carbocycles. The second-order valence-electron chi connectivity index (χ2n) is 6.34. The van der Waals surface area contributed by atoms with E-state index in [-0.39, 0.29) is 6.10 Å². The van der Waals surface area contributed by atoms with Crippen LogP contribution in [0.2, 0.25) is 0 Å². The first kappa shape index (κ1) is 15.5. The van der Waals surface area contributed by atoms with Crippen molar-refractivity contribution in [1.82, 2.24) is 5.32 Å². The highest BCUT2D eigenvalue weighted by Gasteiger charge is 2.29. The third-order valence-corrected chi connectivity index (χ3v) is 5.00. The molecule has 2 atom stereocenters. The van der Waals surface area contributed by atoms with Gasteiger partial charge in [-0.05, 0) is 56.0 Å². The Balaban J connectivity index is 2.13. The molecule has 1 saturated heterocycles. The summed E-state index contributed by atoms with van der Waals surface area (Å²) in [5, 5.41) is 3.48. The normalized spacial score (nSPS) is 33.5. The minimum absolute atomic E-state index is 0.283. The van der Waals surface area contributed by atoms with Gasteiger partial charge in [0.25, 0.3) is 0 Å². The molecule has 2 unspecified atom stereocenters. The molecule has 22 heavy (non-hydrogen) atoms. The Morgan fingerprint density at radius 1 is 1.09 bits per heavy atom. The van der Waals surface area contributed by atoms with Crippen molar-refractivity contribution in [3.05, 3.63) is 58.7 Å². The molecule has 0 amide bonds. The van der Waals surface area contributed by atoms with Crippen molar-refractivity contribution in [2.75, 3.05) is 19.7 Å². The number of rotatable bonds is 1. The summed E-state index contributed by atoms with van der Waals surface area (Å²) in [6, 6.07) is 0. The van der Waals surface area contributed by atoms with Crippen LogP contribution in [0.3, 0.4) is 0 Å². The molecule has 3 rings (SSSR count). The van der Waals surface area contributed by atoms with Crippen molar-refractivity contribution in [1.29, 1.82) is 0 Å². The molecular formula is C20H27NO. The maximum Gasteiger partial charge on any atom is 0.0726 e. The maximum atomic E-state index is 6.18. The molecular weight excluding hydrogens is 270 g/mol. The third kappa shape index (κ3) is 3.18. The molecule has 2 heteroatoms. The first-order valence-corrected chi connectivity index (χ1v) is 8.60. The number of piperidine rings is 1. The lowest BCUT2D eigenvalue weighted by atomic mass is 9.79. The van der Waals surface area contributed by atoms with Crippen molar-refractivity contribution in [3.8, 4) is 0 Å². The van der Waals surface area contributed by atoms with Crippen molar-refractivity contribution < 1.29 is 4.74 Å². The van der Waals surface area contributed by atoms with E-state index in [0.717, 1.165) is 26.1 Å². The summed E-state index contributed by atoms with van der Waals surface area (Å²) < 4.78 is 6.18. The van der Waals surface area contributed by atoms with E-state index in [1.54, 1.807) is 11.1 Å². The Kier molecular flexibility index (Phi) is 5.12. The van der Waals surface area contributed by atoms with Gasteiger partial charge in [-0.3, -0.25) is 0 Å². The second kappa shape index (κ2) is 7.26. The molecule has 3 aliphatic rings. The van der Waals surface area contributed by atoms with Crippen molar-refractivity contribution in [2.45, 2.75) is 39.2 Å². The lowest BCUT2D eigenvalue weighted by molar-refractivity contribution is 0.0548. The summed E-state index contributed by atoms with van der Waals surface area (Å²) in [6.07, 6.45) is 16.8. The molecule has 2 nitrogen and oxygen atoms in total. The largest absolute Gasteiger partial charge is 0.373 e. The average Bonchev–Trinajstić information content (AvgIpc) is 2.65. The summed E-state index contributed by atoms with van der Waals surface area (Å²) in [5.41, 5.74) is 5.94. The van der Waals surface area contributed by atoms with Crippen LogP contribution >= 0.6 is 0 Å². The van der Waals surface area contributed by atoms with E-state index in [9.17, 15) is 0 Å². The predicted octanol–water partition coefficient (Wildman–Crippen LogP) is 4.09. The molecule has 1 aliphatic carbocycles. The topological polar surface area (TPSA) is 21.3 Å². The summed E-state index contributed by atoms with van der Waals surface area (Å²) in [4.78, 5) is 0. The molecule has 1 fully saturated rings. The fourth-order valence-corrected chi connectivity index (χ4v) is 3.80. The van der Waals surface area contributed by atoms with Crippen LogP contribution in [0.4, 0.5) is 0 Å². The fourth-order valence-electron chi connectivity index (χ4n) is 3.80. The second-order valence-corrected chi connectivity index (χ2v) is 6.34. The molecule has 0 aromatic rings. The monoisotopic (exact) mass is 297 g/mol. The van der Waals surface area contributed by atoms with E-state index >= 15 is 0 Å². The van der Waals surface area contributed by atoms with E-state index in [1.165, 1.54) is 24.0 Å². The number of ether oxygens (including phenoxy) is 1. The number of nitrogens with one attached hydrogen (secondary N) is 1. The van der Waals surface area contributed by atoms with Crippen LogP contribution in [0.1, 0.15) is 33.1 Å². The Morgan fingerprint density at radius 2 is 1.82 bits per heavy atom. The van der Waals surface area contributed by atoms with E-state index in [0.29, 0.717) is 5.92 Å². The van der Waals surface area contributed by atoms with Crippen LogP contribution in [0, 0.1) is 5.92 Å². The van der Waals surface area contributed by atoms with Gasteiger partial charge in [0, 0.05) is 5.92 Å². The van der Waals surface area contributed by atoms with Gasteiger partial charge in [0.05, 0.1) is 12.7 Å². The van der Waals surface area contributed by atoms with Gasteiger partial charge in [0.1, 0.15) is 0 Å². The summed E-state index contributed by atoms with van der Waals surface area (Å²) in [7, 11) is 0. The molecule has 1 N–H and O–H groups in total. The molecule has 2 aliphatic heterocycles. The van der Waals surface area contributed by atoms with Crippen LogP contribution < -0.4 is 5.32 Å². The van der Waals surface area contributed by atoms with Gasteiger partial charge in [-0.1, -0.05) is 49.0 Å². The Labute approximate surface area is 134 Å². The van der Waals surface area contributed by atoms with Gasteiger partial charge in [0.2, 0.25) is 0 Å². The smallest absolute Gasteiger partial charge is 0.0726 e. The fraction of sp³-hybridized carbons (Fsp3) is 0.500. The van der Waals surface area contributed by atoms with Crippen LogP contribution in [0.25, 0.3) is 0 Å². The van der Waals surface area contributed by atoms with Crippen LogP contribution in [-0.2, 0) is 4.74 Å². The highest BCUT2D eigenvalue weighted by atomic mass is 16.5. The van der Waals surface area contributed by atoms with Crippen LogP contribution in [-0.4, -0.2) is 25.8 Å². The lowest BCUT2D eigenvalue weighted by Gasteiger charge is -2.29. The molecule has 118 valence electrons. The highest BCUT2D eigenvalue weighted by molar-refractivity contribution is 5.53. The maximum absolute atomic E-state index is 6.18. The summed E-state index contributed by atoms with van der Waals surface area (Å²) in [6.45, 7) is 7.46. The van der Waals surface area contributed by atoms with Gasteiger partial charge in [-0.25, -0.2) is 0 Å². The van der Waals surface area contributed by atoms with Crippen molar-refractivity contribution in [3.63, 3.8) is 0 Å². The van der Waals surface area contributed by atoms with E-state index in [2.05, 4.69) is 55.6 Å². The number of allylic oxidation sites excluding steroid dienone is 6. The minimum atomic E-state index is 0.283. The molecule has 0 spiro atoms. The van der Waals surface area contributed by atoms with Crippen LogP contribution in [0.15, 0.2) is 58.7 Å². The SMILES string of the molecule is CCC1C(=C2CCNCC2)C2=C(\C=C/C=C\C=C/2)COC1C. The number of hydrogen-bond donors (Lipinski definition) is 1. The Hall–Kier alpha value is -1.38. The van der Waals surface area contributed by atoms with Gasteiger partial charge in [0.15, 0.2) is 0 Å².